The molecule has 0 saturated carbocycles. The Bertz CT molecular complexity index is 1510. The lowest BCUT2D eigenvalue weighted by molar-refractivity contribution is -0.355. The van der Waals surface area contributed by atoms with Crippen LogP contribution in [0.1, 0.15) is 93.4 Å². The summed E-state index contributed by atoms with van der Waals surface area (Å²) in [4.78, 5) is 0. The van der Waals surface area contributed by atoms with Crippen LogP contribution in [0.5, 0.6) is 0 Å². The van der Waals surface area contributed by atoms with E-state index in [9.17, 15) is 20.4 Å². The highest BCUT2D eigenvalue weighted by atomic mass is 16.8. The lowest BCUT2D eigenvalue weighted by Gasteiger charge is -2.47. The summed E-state index contributed by atoms with van der Waals surface area (Å²) in [6.07, 6.45) is -15.1. The fourth-order valence-corrected chi connectivity index (χ4v) is 11.0. The van der Waals surface area contributed by atoms with Gasteiger partial charge in [0.1, 0.15) is 42.7 Å². The Kier molecular flexibility index (Phi) is 20.3. The molecule has 0 aliphatic carbocycles. The Morgan fingerprint density at radius 2 is 0.536 bits per heavy atom. The van der Waals surface area contributed by atoms with Crippen LogP contribution < -0.4 is 0 Å². The Labute approximate surface area is 406 Å². The van der Waals surface area contributed by atoms with E-state index in [0.717, 1.165) is 0 Å². The SMILES string of the molecule is CO[C@@H]1C[C@H](O[C@H]2[C@@H](O)C[C@H](O[C@H]3[C@@H](O)C[C@H](O[C@H]4[C@H](C)O[C@H](O[C@H]5[C@H](C)O[C@@H](O[C@H]6[C@H](C)O[C@@H](O[C@@H]7[C@@H](C)OC(O)C[C@H]7OC)C[C@H]6OC)C[C@H]5OC)C[C@H]4OC)O[C@@H]3C)O[C@@H]2C)O[C@H](C)[C@H]1O. The molecule has 7 aliphatic rings. The molecule has 0 bridgehead atoms. The maximum atomic E-state index is 11.4. The van der Waals surface area contributed by atoms with E-state index in [2.05, 4.69) is 0 Å². The number of aliphatic hydroxyl groups is 4. The van der Waals surface area contributed by atoms with Gasteiger partial charge >= 0.3 is 0 Å². The van der Waals surface area contributed by atoms with Gasteiger partial charge in [0.25, 0.3) is 0 Å². The minimum absolute atomic E-state index is 0.0901. The number of methoxy groups -OCH3 is 5. The van der Waals surface area contributed by atoms with Gasteiger partial charge in [-0.1, -0.05) is 0 Å². The quantitative estimate of drug-likeness (QED) is 0.161. The van der Waals surface area contributed by atoms with Gasteiger partial charge in [-0.15, -0.1) is 0 Å². The van der Waals surface area contributed by atoms with Crippen molar-refractivity contribution in [3.05, 3.63) is 0 Å². The highest BCUT2D eigenvalue weighted by Gasteiger charge is 2.50. The molecule has 7 aliphatic heterocycles. The first-order valence-corrected chi connectivity index (χ1v) is 24.8. The van der Waals surface area contributed by atoms with E-state index in [1.54, 1.807) is 49.2 Å². The lowest BCUT2D eigenvalue weighted by Crippen LogP contribution is -2.58. The molecule has 7 fully saturated rings. The van der Waals surface area contributed by atoms with E-state index in [1.165, 1.54) is 7.11 Å². The molecular weight excluding hydrogens is 916 g/mol. The molecule has 7 rings (SSSR count). The molecule has 0 spiro atoms. The van der Waals surface area contributed by atoms with Crippen molar-refractivity contribution in [1.82, 2.24) is 0 Å². The Morgan fingerprint density at radius 3 is 0.855 bits per heavy atom. The van der Waals surface area contributed by atoms with Crippen molar-refractivity contribution in [3.8, 4) is 0 Å². The molecule has 69 heavy (non-hydrogen) atoms. The van der Waals surface area contributed by atoms with Crippen molar-refractivity contribution in [2.75, 3.05) is 35.5 Å². The molecule has 0 aromatic carbocycles. The van der Waals surface area contributed by atoms with Crippen LogP contribution in [0.3, 0.4) is 0 Å². The van der Waals surface area contributed by atoms with E-state index < -0.39 is 160 Å². The van der Waals surface area contributed by atoms with Crippen molar-refractivity contribution in [3.63, 3.8) is 0 Å². The highest BCUT2D eigenvalue weighted by Crippen LogP contribution is 2.38. The minimum Gasteiger partial charge on any atom is -0.390 e. The van der Waals surface area contributed by atoms with Crippen LogP contribution >= 0.6 is 0 Å². The molecule has 0 aromatic rings. The monoisotopic (exact) mass is 999 g/mol. The number of hydrogen-bond acceptors (Lipinski definition) is 22. The molecular formula is C47H82O22. The van der Waals surface area contributed by atoms with Crippen molar-refractivity contribution in [2.24, 2.45) is 0 Å². The molecule has 22 heteroatoms. The molecule has 7 heterocycles. The Morgan fingerprint density at radius 1 is 0.290 bits per heavy atom. The third-order valence-electron chi connectivity index (χ3n) is 14.8. The molecule has 0 amide bonds. The first kappa shape index (κ1) is 55.9. The first-order valence-electron chi connectivity index (χ1n) is 24.8. The van der Waals surface area contributed by atoms with E-state index >= 15 is 0 Å². The van der Waals surface area contributed by atoms with Crippen molar-refractivity contribution in [2.45, 2.75) is 266 Å². The predicted molar refractivity (Wildman–Crippen MR) is 236 cm³/mol. The summed E-state index contributed by atoms with van der Waals surface area (Å²) in [5, 5.41) is 42.9. The molecule has 402 valence electrons. The van der Waals surface area contributed by atoms with Gasteiger partial charge in [-0.2, -0.15) is 0 Å². The molecule has 28 atom stereocenters. The summed E-state index contributed by atoms with van der Waals surface area (Å²) >= 11 is 0. The zero-order valence-electron chi connectivity index (χ0n) is 42.3. The van der Waals surface area contributed by atoms with E-state index in [0.29, 0.717) is 25.7 Å². The van der Waals surface area contributed by atoms with E-state index in [1.807, 2.05) is 27.7 Å². The summed E-state index contributed by atoms with van der Waals surface area (Å²) in [6.45, 7) is 12.8. The van der Waals surface area contributed by atoms with Crippen LogP contribution in [0.4, 0.5) is 0 Å². The fourth-order valence-electron chi connectivity index (χ4n) is 11.0. The fraction of sp³-hybridized carbons (Fsp3) is 1.00. The second-order valence-corrected chi connectivity index (χ2v) is 19.7. The zero-order valence-corrected chi connectivity index (χ0v) is 42.3. The smallest absolute Gasteiger partial charge is 0.161 e. The third-order valence-corrected chi connectivity index (χ3v) is 14.8. The summed E-state index contributed by atoms with van der Waals surface area (Å²) in [5.74, 6) is 0. The third kappa shape index (κ3) is 13.5. The van der Waals surface area contributed by atoms with Crippen LogP contribution in [0, 0.1) is 0 Å². The molecule has 22 nitrogen and oxygen atoms in total. The Hall–Kier alpha value is -0.880. The molecule has 1 unspecified atom stereocenters. The normalized spacial score (nSPS) is 51.3. The maximum absolute atomic E-state index is 11.4. The summed E-state index contributed by atoms with van der Waals surface area (Å²) < 4.78 is 110. The molecule has 0 aromatic heterocycles. The lowest BCUT2D eigenvalue weighted by atomic mass is 9.98. The second-order valence-electron chi connectivity index (χ2n) is 19.7. The standard InChI is InChI=1S/C47H82O22/c1-20-41(51)29(52-8)16-37(58-20)65-43-22(3)59-35(13-27(43)48)64-42-21(2)60-36(14-28(42)49)66-45-24(5)61-39(17-31(45)54-10)68-47-26(7)63-40(19-33(47)56-12)69-46-25(6)62-38(18-32(46)55-11)67-44-23(4)57-34(50)15-30(44)53-9/h20-51H,13-19H2,1-12H3/t20-,21-,22-,23-,24+,25+,26+,27+,28+,29-,30-,31-,32-,33-,34?,35+,36+,37+,38+,39-,40+,41-,42-,43-,44-,45+,46+,47+/m1/s1. The summed E-state index contributed by atoms with van der Waals surface area (Å²) in [5.41, 5.74) is 0. The second kappa shape index (κ2) is 25.1. The van der Waals surface area contributed by atoms with Crippen molar-refractivity contribution in [1.29, 1.82) is 0 Å². The number of aliphatic hydroxyl groups excluding tert-OH is 4. The van der Waals surface area contributed by atoms with Crippen LogP contribution in [0.15, 0.2) is 0 Å². The summed E-state index contributed by atoms with van der Waals surface area (Å²) in [7, 11) is 7.97. The average molecular weight is 999 g/mol. The van der Waals surface area contributed by atoms with Gasteiger partial charge < -0.3 is 106 Å². The minimum atomic E-state index is -0.978. The van der Waals surface area contributed by atoms with Gasteiger partial charge in [-0.05, 0) is 48.5 Å². The van der Waals surface area contributed by atoms with Crippen LogP contribution in [0.25, 0.3) is 0 Å². The van der Waals surface area contributed by atoms with Gasteiger partial charge in [-0.25, -0.2) is 0 Å². The predicted octanol–water partition coefficient (Wildman–Crippen LogP) is 1.39. The van der Waals surface area contributed by atoms with Crippen molar-refractivity contribution < 1.29 is 106 Å². The van der Waals surface area contributed by atoms with Crippen molar-refractivity contribution >= 4 is 0 Å². The number of hydrogen-bond donors (Lipinski definition) is 4. The van der Waals surface area contributed by atoms with Gasteiger partial charge in [0.15, 0.2) is 44.0 Å². The first-order chi connectivity index (χ1) is 32.9. The number of ether oxygens (including phenoxy) is 18. The number of rotatable bonds is 17. The van der Waals surface area contributed by atoms with E-state index in [4.69, 9.17) is 85.3 Å². The van der Waals surface area contributed by atoms with Gasteiger partial charge in [0.2, 0.25) is 0 Å². The molecule has 0 radical (unpaired) electrons. The van der Waals surface area contributed by atoms with Crippen LogP contribution in [-0.2, 0) is 85.3 Å². The van der Waals surface area contributed by atoms with Crippen LogP contribution in [0.2, 0.25) is 0 Å². The van der Waals surface area contributed by atoms with Gasteiger partial charge in [0.05, 0.1) is 85.5 Å². The zero-order chi connectivity index (χ0) is 49.8. The van der Waals surface area contributed by atoms with Gasteiger partial charge in [-0.3, -0.25) is 0 Å². The van der Waals surface area contributed by atoms with Crippen LogP contribution in [-0.4, -0.2) is 228 Å². The maximum Gasteiger partial charge on any atom is 0.161 e. The van der Waals surface area contributed by atoms with Gasteiger partial charge in [0, 0.05) is 80.5 Å². The Balaban J connectivity index is 0.861. The average Bonchev–Trinajstić information content (AvgIpc) is 3.30. The topological polar surface area (TPSA) is 247 Å². The van der Waals surface area contributed by atoms with E-state index in [-0.39, 0.29) is 31.5 Å². The molecule has 7 saturated heterocycles. The summed E-state index contributed by atoms with van der Waals surface area (Å²) in [6, 6.07) is 0. The molecule has 4 N–H and O–H groups in total. The highest BCUT2D eigenvalue weighted by molar-refractivity contribution is 4.93. The largest absolute Gasteiger partial charge is 0.390 e.